The Labute approximate surface area is 221 Å². The number of halogens is 3. The number of aryl methyl sites for hydroxylation is 1. The molecule has 1 aromatic carbocycles. The SMILES string of the molecule is Cc1noc(-c2ccc3nc(Cc4cc(CN5CCN(c6ccc(C(F)(F)F)cn6)CC5)ccn4)[nH]c3c2)n1. The van der Waals surface area contributed by atoms with E-state index in [1.807, 2.05) is 35.4 Å². The van der Waals surface area contributed by atoms with Gasteiger partial charge in [-0.1, -0.05) is 5.16 Å². The normalized spacial score (nSPS) is 14.8. The molecule has 200 valence electrons. The van der Waals surface area contributed by atoms with Crippen LogP contribution in [0.4, 0.5) is 19.0 Å². The number of nitrogens with one attached hydrogen (secondary N) is 1. The number of imidazole rings is 1. The number of pyridine rings is 2. The first kappa shape index (κ1) is 25.0. The summed E-state index contributed by atoms with van der Waals surface area (Å²) in [6, 6.07) is 12.4. The van der Waals surface area contributed by atoms with Crippen molar-refractivity contribution in [3.05, 3.63) is 83.3 Å². The zero-order chi connectivity index (χ0) is 27.0. The lowest BCUT2D eigenvalue weighted by Gasteiger charge is -2.35. The van der Waals surface area contributed by atoms with Crippen LogP contribution in [0.3, 0.4) is 0 Å². The van der Waals surface area contributed by atoms with Crippen molar-refractivity contribution in [2.45, 2.75) is 26.1 Å². The molecule has 1 N–H and O–H groups in total. The van der Waals surface area contributed by atoms with Crippen molar-refractivity contribution in [1.82, 2.24) is 35.0 Å². The first-order valence-corrected chi connectivity index (χ1v) is 12.5. The third-order valence-electron chi connectivity index (χ3n) is 6.71. The summed E-state index contributed by atoms with van der Waals surface area (Å²) in [7, 11) is 0. The van der Waals surface area contributed by atoms with Crippen molar-refractivity contribution >= 4 is 16.9 Å². The van der Waals surface area contributed by atoms with Crippen LogP contribution in [0.15, 0.2) is 59.4 Å². The Morgan fingerprint density at radius 3 is 2.54 bits per heavy atom. The van der Waals surface area contributed by atoms with Crippen LogP contribution in [0.5, 0.6) is 0 Å². The van der Waals surface area contributed by atoms with Crippen molar-refractivity contribution in [3.8, 4) is 11.5 Å². The number of anilines is 1. The van der Waals surface area contributed by atoms with Crippen molar-refractivity contribution in [2.24, 2.45) is 0 Å². The van der Waals surface area contributed by atoms with E-state index < -0.39 is 11.7 Å². The second-order valence-corrected chi connectivity index (χ2v) is 9.56. The molecule has 0 bridgehead atoms. The average molecular weight is 535 g/mol. The summed E-state index contributed by atoms with van der Waals surface area (Å²) < 4.78 is 43.7. The molecule has 9 nitrogen and oxygen atoms in total. The lowest BCUT2D eigenvalue weighted by Crippen LogP contribution is -2.46. The van der Waals surface area contributed by atoms with Gasteiger partial charge in [-0.2, -0.15) is 18.2 Å². The van der Waals surface area contributed by atoms with E-state index in [1.54, 1.807) is 6.92 Å². The molecular formula is C27H25F3N8O. The van der Waals surface area contributed by atoms with E-state index in [1.165, 1.54) is 6.07 Å². The molecule has 0 spiro atoms. The molecule has 0 saturated carbocycles. The minimum atomic E-state index is -4.38. The van der Waals surface area contributed by atoms with E-state index in [0.29, 0.717) is 37.0 Å². The van der Waals surface area contributed by atoms with Gasteiger partial charge in [-0.25, -0.2) is 9.97 Å². The van der Waals surface area contributed by atoms with E-state index in [4.69, 9.17) is 9.51 Å². The van der Waals surface area contributed by atoms with E-state index in [9.17, 15) is 13.2 Å². The Hall–Kier alpha value is -4.32. The molecule has 1 aliphatic rings. The fourth-order valence-corrected chi connectivity index (χ4v) is 4.72. The molecule has 0 amide bonds. The summed E-state index contributed by atoms with van der Waals surface area (Å²) in [4.78, 5) is 25.2. The van der Waals surface area contributed by atoms with E-state index in [2.05, 4.69) is 36.1 Å². The minimum absolute atomic E-state index is 0.469. The highest BCUT2D eigenvalue weighted by Crippen LogP contribution is 2.29. The number of aromatic amines is 1. The van der Waals surface area contributed by atoms with E-state index in [0.717, 1.165) is 65.6 Å². The number of fused-ring (bicyclic) bond motifs is 1. The molecule has 6 rings (SSSR count). The third-order valence-corrected chi connectivity index (χ3v) is 6.71. The van der Waals surface area contributed by atoms with Gasteiger partial charge in [0.15, 0.2) is 5.82 Å². The molecule has 0 aliphatic carbocycles. The van der Waals surface area contributed by atoms with Crippen molar-refractivity contribution in [3.63, 3.8) is 0 Å². The first-order chi connectivity index (χ1) is 18.8. The number of piperazine rings is 1. The molecule has 4 aromatic heterocycles. The number of H-pyrrole nitrogens is 1. The highest BCUT2D eigenvalue weighted by Gasteiger charge is 2.31. The van der Waals surface area contributed by atoms with Gasteiger partial charge in [0.1, 0.15) is 11.6 Å². The second-order valence-electron chi connectivity index (χ2n) is 9.56. The molecule has 0 unspecified atom stereocenters. The molecule has 39 heavy (non-hydrogen) atoms. The minimum Gasteiger partial charge on any atom is -0.354 e. The van der Waals surface area contributed by atoms with Gasteiger partial charge in [0.2, 0.25) is 0 Å². The number of hydrogen-bond donors (Lipinski definition) is 1. The molecule has 12 heteroatoms. The van der Waals surface area contributed by atoms with Gasteiger partial charge >= 0.3 is 6.18 Å². The standard InChI is InChI=1S/C27H25F3N8O/c1-17-33-26(39-36-17)19-2-4-22-23(13-19)35-24(34-22)14-21-12-18(6-7-31-21)16-37-8-10-38(11-9-37)25-5-3-20(15-32-25)27(28,29)30/h2-7,12-13,15H,8-11,14,16H2,1H3,(H,34,35). The number of rotatable bonds is 6. The topological polar surface area (TPSA) is 99.9 Å². The quantitative estimate of drug-likeness (QED) is 0.336. The molecule has 5 heterocycles. The largest absolute Gasteiger partial charge is 0.417 e. The van der Waals surface area contributed by atoms with Gasteiger partial charge in [-0.3, -0.25) is 9.88 Å². The van der Waals surface area contributed by atoms with Crippen LogP contribution in [0, 0.1) is 6.92 Å². The molecule has 1 fully saturated rings. The summed E-state index contributed by atoms with van der Waals surface area (Å²) in [6.07, 6.45) is -1.11. The maximum atomic E-state index is 12.8. The number of aromatic nitrogens is 6. The Kier molecular flexibility index (Phi) is 6.47. The second kappa shape index (κ2) is 10.1. The fourth-order valence-electron chi connectivity index (χ4n) is 4.72. The van der Waals surface area contributed by atoms with E-state index in [-0.39, 0.29) is 0 Å². The van der Waals surface area contributed by atoms with Gasteiger partial charge in [0, 0.05) is 62.8 Å². The van der Waals surface area contributed by atoms with Crippen LogP contribution < -0.4 is 4.90 Å². The zero-order valence-electron chi connectivity index (χ0n) is 21.1. The fraction of sp³-hybridized carbons (Fsp3) is 0.296. The van der Waals surface area contributed by atoms with Crippen molar-refractivity contribution in [1.29, 1.82) is 0 Å². The van der Waals surface area contributed by atoms with Crippen molar-refractivity contribution < 1.29 is 17.7 Å². The highest BCUT2D eigenvalue weighted by molar-refractivity contribution is 5.80. The summed E-state index contributed by atoms with van der Waals surface area (Å²) in [6.45, 7) is 5.50. The Morgan fingerprint density at radius 1 is 0.974 bits per heavy atom. The third kappa shape index (κ3) is 5.60. The number of hydrogen-bond acceptors (Lipinski definition) is 8. The van der Waals surface area contributed by atoms with Gasteiger partial charge < -0.3 is 14.4 Å². The Bertz CT molecular complexity index is 1590. The zero-order valence-corrected chi connectivity index (χ0v) is 21.1. The van der Waals surface area contributed by atoms with Crippen LogP contribution in [0.25, 0.3) is 22.5 Å². The van der Waals surface area contributed by atoms with Gasteiger partial charge in [0.25, 0.3) is 5.89 Å². The number of nitrogens with zero attached hydrogens (tertiary/aromatic N) is 7. The summed E-state index contributed by atoms with van der Waals surface area (Å²) in [5.41, 5.74) is 3.88. The van der Waals surface area contributed by atoms with Gasteiger partial charge in [0.05, 0.1) is 16.6 Å². The molecule has 0 radical (unpaired) electrons. The molecule has 1 saturated heterocycles. The van der Waals surface area contributed by atoms with Crippen LogP contribution in [0.1, 0.15) is 28.5 Å². The summed E-state index contributed by atoms with van der Waals surface area (Å²) in [5, 5.41) is 3.85. The molecule has 0 atom stereocenters. The molecular weight excluding hydrogens is 509 g/mol. The van der Waals surface area contributed by atoms with Gasteiger partial charge in [-0.15, -0.1) is 0 Å². The molecule has 5 aromatic rings. The maximum absolute atomic E-state index is 12.8. The van der Waals surface area contributed by atoms with Gasteiger partial charge in [-0.05, 0) is 55.0 Å². The number of benzene rings is 1. The average Bonchev–Trinajstić information content (AvgIpc) is 3.54. The Morgan fingerprint density at radius 2 is 1.82 bits per heavy atom. The highest BCUT2D eigenvalue weighted by atomic mass is 19.4. The van der Waals surface area contributed by atoms with Crippen LogP contribution in [-0.2, 0) is 19.1 Å². The molecule has 1 aliphatic heterocycles. The van der Waals surface area contributed by atoms with Crippen molar-refractivity contribution in [2.75, 3.05) is 31.1 Å². The van der Waals surface area contributed by atoms with E-state index >= 15 is 0 Å². The maximum Gasteiger partial charge on any atom is 0.417 e. The predicted octanol–water partition coefficient (Wildman–Crippen LogP) is 4.64. The van der Waals surface area contributed by atoms with Crippen LogP contribution >= 0.6 is 0 Å². The first-order valence-electron chi connectivity index (χ1n) is 12.5. The number of alkyl halides is 3. The predicted molar refractivity (Wildman–Crippen MR) is 138 cm³/mol. The van der Waals surface area contributed by atoms with Crippen LogP contribution in [-0.4, -0.2) is 61.2 Å². The van der Waals surface area contributed by atoms with Crippen LogP contribution in [0.2, 0.25) is 0 Å². The lowest BCUT2D eigenvalue weighted by molar-refractivity contribution is -0.137. The summed E-state index contributed by atoms with van der Waals surface area (Å²) >= 11 is 0. The smallest absolute Gasteiger partial charge is 0.354 e. The monoisotopic (exact) mass is 534 g/mol. The Balaban J connectivity index is 1.07. The summed E-state index contributed by atoms with van der Waals surface area (Å²) in [5.74, 6) is 2.43. The lowest BCUT2D eigenvalue weighted by atomic mass is 10.1.